The van der Waals surface area contributed by atoms with Crippen LogP contribution in [0.3, 0.4) is 0 Å². The maximum atomic E-state index is 11.8. The van der Waals surface area contributed by atoms with Gasteiger partial charge in [0.25, 0.3) is 0 Å². The van der Waals surface area contributed by atoms with Gasteiger partial charge < -0.3 is 21.7 Å². The van der Waals surface area contributed by atoms with E-state index in [1.165, 1.54) is 0 Å². The average molecular weight is 249 g/mol. The molecule has 0 saturated carbocycles. The van der Waals surface area contributed by atoms with Crippen LogP contribution < -0.4 is 16.8 Å². The fraction of sp³-hybridized carbons (Fsp3) is 0.500. The molecule has 98 valence electrons. The van der Waals surface area contributed by atoms with Gasteiger partial charge in [0.2, 0.25) is 5.91 Å². The van der Waals surface area contributed by atoms with E-state index in [2.05, 4.69) is 10.3 Å². The monoisotopic (exact) mass is 249 g/mol. The number of nitrogens with one attached hydrogen (secondary N) is 1. The van der Waals surface area contributed by atoms with Crippen molar-refractivity contribution >= 4 is 23.2 Å². The number of amides is 1. The maximum Gasteiger partial charge on any atom is 0.224 e. The number of carbonyl (C=O) groups is 1. The molecule has 1 fully saturated rings. The molecule has 6 heteroatoms. The van der Waals surface area contributed by atoms with E-state index in [0.717, 1.165) is 25.9 Å². The second kappa shape index (κ2) is 5.57. The number of aromatic nitrogens is 1. The molecular formula is C12H19N5O. The lowest BCUT2D eigenvalue weighted by molar-refractivity contribution is -0.129. The van der Waals surface area contributed by atoms with Gasteiger partial charge in [0.15, 0.2) is 0 Å². The summed E-state index contributed by atoms with van der Waals surface area (Å²) >= 11 is 0. The van der Waals surface area contributed by atoms with Crippen molar-refractivity contribution in [2.75, 3.05) is 36.4 Å². The zero-order valence-corrected chi connectivity index (χ0v) is 10.4. The Morgan fingerprint density at radius 1 is 1.33 bits per heavy atom. The van der Waals surface area contributed by atoms with Gasteiger partial charge in [0.1, 0.15) is 11.6 Å². The lowest BCUT2D eigenvalue weighted by atomic mass is 10.3. The number of nitrogens with zero attached hydrogens (tertiary/aromatic N) is 2. The van der Waals surface area contributed by atoms with E-state index in [1.54, 1.807) is 12.1 Å². The van der Waals surface area contributed by atoms with Crippen molar-refractivity contribution in [2.45, 2.75) is 19.3 Å². The molecule has 1 aromatic rings. The van der Waals surface area contributed by atoms with E-state index in [1.807, 2.05) is 4.90 Å². The minimum atomic E-state index is 0.198. The molecule has 6 nitrogen and oxygen atoms in total. The Kier molecular flexibility index (Phi) is 3.86. The number of rotatable bonds is 4. The number of carbonyl (C=O) groups excluding carboxylic acids is 1. The van der Waals surface area contributed by atoms with Crippen LogP contribution in [0.1, 0.15) is 19.3 Å². The van der Waals surface area contributed by atoms with Crippen LogP contribution >= 0.6 is 0 Å². The minimum absolute atomic E-state index is 0.198. The fourth-order valence-corrected chi connectivity index (χ4v) is 2.01. The smallest absolute Gasteiger partial charge is 0.224 e. The predicted octanol–water partition coefficient (Wildman–Crippen LogP) is 0.670. The lowest BCUT2D eigenvalue weighted by Gasteiger charge is -2.15. The third-order valence-corrected chi connectivity index (χ3v) is 3.06. The molecule has 1 aromatic heterocycles. The summed E-state index contributed by atoms with van der Waals surface area (Å²) < 4.78 is 0. The second-order valence-electron chi connectivity index (χ2n) is 4.44. The topological polar surface area (TPSA) is 97.3 Å². The number of likely N-dealkylation sites (tertiary alicyclic amines) is 1. The average Bonchev–Trinajstić information content (AvgIpc) is 2.87. The van der Waals surface area contributed by atoms with Crippen LogP contribution in [0.25, 0.3) is 0 Å². The standard InChI is InChI=1S/C12H19N5O/c13-9-3-4-10(16-12(9)14)15-6-5-11(18)17-7-1-2-8-17/h3-4H,1-2,5-8,13H2,(H3,14,15,16). The summed E-state index contributed by atoms with van der Waals surface area (Å²) in [5.74, 6) is 1.16. The zero-order valence-electron chi connectivity index (χ0n) is 10.4. The number of nitrogens with two attached hydrogens (primary N) is 2. The van der Waals surface area contributed by atoms with Crippen molar-refractivity contribution in [3.63, 3.8) is 0 Å². The van der Waals surface area contributed by atoms with Crippen LogP contribution in [0, 0.1) is 0 Å². The molecule has 0 spiro atoms. The summed E-state index contributed by atoms with van der Waals surface area (Å²) in [6.45, 7) is 2.35. The highest BCUT2D eigenvalue weighted by Crippen LogP contribution is 2.14. The fourth-order valence-electron chi connectivity index (χ4n) is 2.01. The van der Waals surface area contributed by atoms with Crippen LogP contribution in [0.4, 0.5) is 17.3 Å². The van der Waals surface area contributed by atoms with Gasteiger partial charge >= 0.3 is 0 Å². The molecule has 18 heavy (non-hydrogen) atoms. The van der Waals surface area contributed by atoms with Gasteiger partial charge in [-0.05, 0) is 25.0 Å². The summed E-state index contributed by atoms with van der Waals surface area (Å²) in [5.41, 5.74) is 11.6. The largest absolute Gasteiger partial charge is 0.396 e. The first-order valence-corrected chi connectivity index (χ1v) is 6.20. The molecule has 2 rings (SSSR count). The van der Waals surface area contributed by atoms with E-state index in [0.29, 0.717) is 30.3 Å². The zero-order chi connectivity index (χ0) is 13.0. The summed E-state index contributed by atoms with van der Waals surface area (Å²) in [6.07, 6.45) is 2.72. The lowest BCUT2D eigenvalue weighted by Crippen LogP contribution is -2.29. The molecule has 1 amide bonds. The van der Waals surface area contributed by atoms with E-state index >= 15 is 0 Å². The van der Waals surface area contributed by atoms with E-state index in [4.69, 9.17) is 11.5 Å². The van der Waals surface area contributed by atoms with Gasteiger partial charge in [0.05, 0.1) is 5.69 Å². The second-order valence-corrected chi connectivity index (χ2v) is 4.44. The van der Waals surface area contributed by atoms with Crippen molar-refractivity contribution in [3.05, 3.63) is 12.1 Å². The van der Waals surface area contributed by atoms with Crippen molar-refractivity contribution in [1.29, 1.82) is 0 Å². The van der Waals surface area contributed by atoms with Crippen LogP contribution in [-0.4, -0.2) is 35.4 Å². The predicted molar refractivity (Wildman–Crippen MR) is 72.0 cm³/mol. The van der Waals surface area contributed by atoms with Crippen LogP contribution in [-0.2, 0) is 4.79 Å². The van der Waals surface area contributed by atoms with Crippen molar-refractivity contribution in [3.8, 4) is 0 Å². The number of hydrogen-bond donors (Lipinski definition) is 3. The van der Waals surface area contributed by atoms with E-state index in [-0.39, 0.29) is 5.91 Å². The number of anilines is 3. The van der Waals surface area contributed by atoms with Crippen molar-refractivity contribution in [2.24, 2.45) is 0 Å². The van der Waals surface area contributed by atoms with Gasteiger partial charge in [0, 0.05) is 26.1 Å². The molecule has 1 saturated heterocycles. The Labute approximate surface area is 106 Å². The molecule has 0 radical (unpaired) electrons. The number of hydrogen-bond acceptors (Lipinski definition) is 5. The van der Waals surface area contributed by atoms with Gasteiger partial charge in [-0.2, -0.15) is 0 Å². The number of nitrogen functional groups attached to an aromatic ring is 2. The molecule has 0 aliphatic carbocycles. The SMILES string of the molecule is Nc1ccc(NCCC(=O)N2CCCC2)nc1N. The molecule has 0 aromatic carbocycles. The summed E-state index contributed by atoms with van der Waals surface area (Å²) in [5, 5.41) is 3.07. The summed E-state index contributed by atoms with van der Waals surface area (Å²) in [7, 11) is 0. The Bertz CT molecular complexity index is 428. The molecule has 1 aliphatic heterocycles. The first-order chi connectivity index (χ1) is 8.66. The molecular weight excluding hydrogens is 230 g/mol. The van der Waals surface area contributed by atoms with Gasteiger partial charge in [-0.15, -0.1) is 0 Å². The normalized spacial score (nSPS) is 14.8. The third-order valence-electron chi connectivity index (χ3n) is 3.06. The van der Waals surface area contributed by atoms with Crippen molar-refractivity contribution < 1.29 is 4.79 Å². The van der Waals surface area contributed by atoms with Gasteiger partial charge in [-0.25, -0.2) is 4.98 Å². The quantitative estimate of drug-likeness (QED) is 0.728. The highest BCUT2D eigenvalue weighted by molar-refractivity contribution is 5.77. The molecule has 5 N–H and O–H groups in total. The summed E-state index contributed by atoms with van der Waals surface area (Å²) in [4.78, 5) is 17.8. The van der Waals surface area contributed by atoms with Crippen LogP contribution in [0.2, 0.25) is 0 Å². The molecule has 2 heterocycles. The van der Waals surface area contributed by atoms with Crippen molar-refractivity contribution in [1.82, 2.24) is 9.88 Å². The summed E-state index contributed by atoms with van der Waals surface area (Å²) in [6, 6.07) is 3.46. The first-order valence-electron chi connectivity index (χ1n) is 6.20. The van der Waals surface area contributed by atoms with E-state index in [9.17, 15) is 4.79 Å². The van der Waals surface area contributed by atoms with Crippen LogP contribution in [0.5, 0.6) is 0 Å². The Hall–Kier alpha value is -1.98. The van der Waals surface area contributed by atoms with Crippen LogP contribution in [0.15, 0.2) is 12.1 Å². The third kappa shape index (κ3) is 3.03. The van der Waals surface area contributed by atoms with Gasteiger partial charge in [-0.1, -0.05) is 0 Å². The Balaban J connectivity index is 1.77. The molecule has 0 bridgehead atoms. The maximum absolute atomic E-state index is 11.8. The highest BCUT2D eigenvalue weighted by Gasteiger charge is 2.16. The Morgan fingerprint density at radius 2 is 2.06 bits per heavy atom. The molecule has 0 unspecified atom stereocenters. The van der Waals surface area contributed by atoms with Gasteiger partial charge in [-0.3, -0.25) is 4.79 Å². The first kappa shape index (κ1) is 12.5. The Morgan fingerprint density at radius 3 is 2.72 bits per heavy atom. The highest BCUT2D eigenvalue weighted by atomic mass is 16.2. The minimum Gasteiger partial charge on any atom is -0.396 e. The number of pyridine rings is 1. The molecule has 0 atom stereocenters. The molecule has 1 aliphatic rings. The van der Waals surface area contributed by atoms with E-state index < -0.39 is 0 Å².